The van der Waals surface area contributed by atoms with Crippen LogP contribution in [0, 0.1) is 5.92 Å². The zero-order valence-electron chi connectivity index (χ0n) is 11.9. The van der Waals surface area contributed by atoms with Crippen LogP contribution in [-0.4, -0.2) is 30.1 Å². The maximum atomic E-state index is 5.32. The minimum Gasteiger partial charge on any atom is -0.468 e. The number of nitrogens with one attached hydrogen (secondary N) is 1. The Hall–Kier alpha value is -0.800. The van der Waals surface area contributed by atoms with Crippen LogP contribution in [0.25, 0.3) is 0 Å². The lowest BCUT2D eigenvalue weighted by molar-refractivity contribution is 0.0749. The van der Waals surface area contributed by atoms with E-state index < -0.39 is 0 Å². The summed E-state index contributed by atoms with van der Waals surface area (Å²) in [5, 5.41) is 3.48. The number of rotatable bonds is 5. The quantitative estimate of drug-likeness (QED) is 0.871. The normalized spacial score (nSPS) is 27.3. The molecule has 1 aliphatic rings. The fourth-order valence-electron chi connectivity index (χ4n) is 2.92. The maximum Gasteiger partial charge on any atom is 0.117 e. The molecule has 0 amide bonds. The van der Waals surface area contributed by atoms with E-state index in [-0.39, 0.29) is 0 Å². The summed E-state index contributed by atoms with van der Waals surface area (Å²) in [6.45, 7) is 10.2. The second-order valence-corrected chi connectivity index (χ2v) is 5.66. The van der Waals surface area contributed by atoms with E-state index in [1.807, 2.05) is 12.1 Å². The van der Waals surface area contributed by atoms with E-state index in [2.05, 4.69) is 31.0 Å². The molecule has 1 aromatic rings. The number of furan rings is 1. The van der Waals surface area contributed by atoms with Crippen molar-refractivity contribution in [2.75, 3.05) is 13.1 Å². The predicted octanol–water partition coefficient (Wildman–Crippen LogP) is 2.88. The average Bonchev–Trinajstić information content (AvgIpc) is 2.85. The summed E-state index contributed by atoms with van der Waals surface area (Å²) < 4.78 is 5.32. The molecule has 0 spiro atoms. The average molecular weight is 250 g/mol. The Balaban J connectivity index is 1.75. The van der Waals surface area contributed by atoms with Gasteiger partial charge >= 0.3 is 0 Å². The summed E-state index contributed by atoms with van der Waals surface area (Å²) in [4.78, 5) is 2.64. The molecule has 1 N–H and O–H groups in total. The molecule has 0 radical (unpaired) electrons. The summed E-state index contributed by atoms with van der Waals surface area (Å²) >= 11 is 0. The first-order chi connectivity index (χ1) is 8.68. The minimum atomic E-state index is 0.595. The molecule has 0 aliphatic carbocycles. The Morgan fingerprint density at radius 3 is 3.06 bits per heavy atom. The van der Waals surface area contributed by atoms with Crippen LogP contribution in [0.1, 0.15) is 39.4 Å². The van der Waals surface area contributed by atoms with Gasteiger partial charge in [0.2, 0.25) is 0 Å². The van der Waals surface area contributed by atoms with Crippen molar-refractivity contribution in [3.05, 3.63) is 24.2 Å². The van der Waals surface area contributed by atoms with Gasteiger partial charge in [0.05, 0.1) is 12.8 Å². The molecule has 0 bridgehead atoms. The first-order valence-electron chi connectivity index (χ1n) is 7.17. The van der Waals surface area contributed by atoms with Crippen LogP contribution in [0.5, 0.6) is 0 Å². The van der Waals surface area contributed by atoms with Gasteiger partial charge in [-0.1, -0.05) is 6.92 Å². The molecule has 3 unspecified atom stereocenters. The molecule has 18 heavy (non-hydrogen) atoms. The second-order valence-electron chi connectivity index (χ2n) is 5.66. The van der Waals surface area contributed by atoms with E-state index in [0.29, 0.717) is 12.1 Å². The lowest BCUT2D eigenvalue weighted by atomic mass is 9.91. The van der Waals surface area contributed by atoms with Gasteiger partial charge < -0.3 is 9.73 Å². The highest BCUT2D eigenvalue weighted by Gasteiger charge is 2.27. The first-order valence-corrected chi connectivity index (χ1v) is 7.17. The minimum absolute atomic E-state index is 0.595. The van der Waals surface area contributed by atoms with Crippen molar-refractivity contribution in [1.29, 1.82) is 0 Å². The standard InChI is InChI=1S/C15H26N2O/c1-12-6-4-8-17(14(12)3)13(2)10-16-11-15-7-5-9-18-15/h5,7,9,12-14,16H,4,6,8,10-11H2,1-3H3. The number of likely N-dealkylation sites (tertiary alicyclic amines) is 1. The van der Waals surface area contributed by atoms with Crippen molar-refractivity contribution in [1.82, 2.24) is 10.2 Å². The third kappa shape index (κ3) is 3.36. The Morgan fingerprint density at radius 1 is 1.50 bits per heavy atom. The summed E-state index contributed by atoms with van der Waals surface area (Å²) in [6, 6.07) is 5.26. The zero-order valence-corrected chi connectivity index (χ0v) is 11.9. The van der Waals surface area contributed by atoms with Gasteiger partial charge in [0.25, 0.3) is 0 Å². The monoisotopic (exact) mass is 250 g/mol. The fourth-order valence-corrected chi connectivity index (χ4v) is 2.92. The Kier molecular flexibility index (Phi) is 4.84. The highest BCUT2D eigenvalue weighted by molar-refractivity contribution is 4.97. The van der Waals surface area contributed by atoms with Crippen molar-refractivity contribution < 1.29 is 4.42 Å². The molecule has 2 rings (SSSR count). The summed E-state index contributed by atoms with van der Waals surface area (Å²) in [5.41, 5.74) is 0. The van der Waals surface area contributed by atoms with E-state index in [1.54, 1.807) is 6.26 Å². The molecule has 1 aliphatic heterocycles. The Morgan fingerprint density at radius 2 is 2.33 bits per heavy atom. The second kappa shape index (κ2) is 6.39. The zero-order chi connectivity index (χ0) is 13.0. The van der Waals surface area contributed by atoms with Crippen molar-refractivity contribution in [2.24, 2.45) is 5.92 Å². The highest BCUT2D eigenvalue weighted by Crippen LogP contribution is 2.24. The van der Waals surface area contributed by atoms with Crippen molar-refractivity contribution in [2.45, 2.75) is 52.2 Å². The topological polar surface area (TPSA) is 28.4 Å². The number of piperidine rings is 1. The molecule has 1 aromatic heterocycles. The Labute approximate surface area is 111 Å². The number of nitrogens with zero attached hydrogens (tertiary/aromatic N) is 1. The Bertz CT molecular complexity index is 336. The van der Waals surface area contributed by atoms with E-state index >= 15 is 0 Å². The molecule has 3 heteroatoms. The molecule has 1 saturated heterocycles. The molecule has 3 nitrogen and oxygen atoms in total. The van der Waals surface area contributed by atoms with Gasteiger partial charge in [0.15, 0.2) is 0 Å². The van der Waals surface area contributed by atoms with Crippen molar-refractivity contribution >= 4 is 0 Å². The summed E-state index contributed by atoms with van der Waals surface area (Å²) in [7, 11) is 0. The van der Waals surface area contributed by atoms with Crippen LogP contribution in [-0.2, 0) is 6.54 Å². The van der Waals surface area contributed by atoms with Gasteiger partial charge in [-0.2, -0.15) is 0 Å². The largest absolute Gasteiger partial charge is 0.468 e. The summed E-state index contributed by atoms with van der Waals surface area (Å²) in [6.07, 6.45) is 4.45. The van der Waals surface area contributed by atoms with Gasteiger partial charge in [-0.15, -0.1) is 0 Å². The van der Waals surface area contributed by atoms with E-state index in [9.17, 15) is 0 Å². The van der Waals surface area contributed by atoms with Gasteiger partial charge in [0.1, 0.15) is 5.76 Å². The van der Waals surface area contributed by atoms with Crippen LogP contribution >= 0.6 is 0 Å². The number of hydrogen-bond donors (Lipinski definition) is 1. The molecule has 2 heterocycles. The van der Waals surface area contributed by atoms with Gasteiger partial charge in [-0.3, -0.25) is 4.90 Å². The molecule has 102 valence electrons. The van der Waals surface area contributed by atoms with E-state index in [1.165, 1.54) is 19.4 Å². The van der Waals surface area contributed by atoms with Gasteiger partial charge in [0, 0.05) is 18.6 Å². The van der Waals surface area contributed by atoms with Crippen molar-refractivity contribution in [3.8, 4) is 0 Å². The number of hydrogen-bond acceptors (Lipinski definition) is 3. The third-order valence-electron chi connectivity index (χ3n) is 4.31. The smallest absolute Gasteiger partial charge is 0.117 e. The maximum absolute atomic E-state index is 5.32. The van der Waals surface area contributed by atoms with Crippen LogP contribution in [0.2, 0.25) is 0 Å². The first kappa shape index (κ1) is 13.6. The van der Waals surface area contributed by atoms with E-state index in [0.717, 1.165) is 24.8 Å². The lowest BCUT2D eigenvalue weighted by Crippen LogP contribution is -2.50. The molecular weight excluding hydrogens is 224 g/mol. The van der Waals surface area contributed by atoms with Crippen molar-refractivity contribution in [3.63, 3.8) is 0 Å². The van der Waals surface area contributed by atoms with Crippen LogP contribution in [0.15, 0.2) is 22.8 Å². The van der Waals surface area contributed by atoms with Crippen LogP contribution < -0.4 is 5.32 Å². The summed E-state index contributed by atoms with van der Waals surface area (Å²) in [5.74, 6) is 1.84. The van der Waals surface area contributed by atoms with Crippen LogP contribution in [0.3, 0.4) is 0 Å². The predicted molar refractivity (Wildman–Crippen MR) is 74.4 cm³/mol. The van der Waals surface area contributed by atoms with E-state index in [4.69, 9.17) is 4.42 Å². The molecular formula is C15H26N2O. The van der Waals surface area contributed by atoms with Gasteiger partial charge in [-0.25, -0.2) is 0 Å². The van der Waals surface area contributed by atoms with Crippen LogP contribution in [0.4, 0.5) is 0 Å². The molecule has 1 fully saturated rings. The SMILES string of the molecule is CC1CCCN(C(C)CNCc2ccco2)C1C. The lowest BCUT2D eigenvalue weighted by Gasteiger charge is -2.41. The molecule has 3 atom stereocenters. The highest BCUT2D eigenvalue weighted by atomic mass is 16.3. The van der Waals surface area contributed by atoms with Gasteiger partial charge in [-0.05, 0) is 51.3 Å². The molecule has 0 aromatic carbocycles. The fraction of sp³-hybridized carbons (Fsp3) is 0.733. The third-order valence-corrected chi connectivity index (χ3v) is 4.31. The molecule has 0 saturated carbocycles.